The summed E-state index contributed by atoms with van der Waals surface area (Å²) in [4.78, 5) is 4.30. The number of aromatic nitrogens is 3. The fourth-order valence-electron chi connectivity index (χ4n) is 2.02. The fourth-order valence-corrected chi connectivity index (χ4v) is 2.39. The first-order valence-electron chi connectivity index (χ1n) is 6.31. The maximum atomic E-state index is 6.15. The highest BCUT2D eigenvalue weighted by molar-refractivity contribution is 6.33. The predicted octanol–water partition coefficient (Wildman–Crippen LogP) is 3.88. The SMILES string of the molecule is Nc1cccc(-c2ncn(Cc3cc(Cl)ccc3Cl)n2)c1. The van der Waals surface area contributed by atoms with Crippen LogP contribution in [0.4, 0.5) is 5.69 Å². The Balaban J connectivity index is 1.87. The van der Waals surface area contributed by atoms with Crippen molar-refractivity contribution < 1.29 is 0 Å². The number of hydrogen-bond donors (Lipinski definition) is 1. The van der Waals surface area contributed by atoms with Gasteiger partial charge in [0, 0.05) is 21.3 Å². The van der Waals surface area contributed by atoms with Gasteiger partial charge in [0.05, 0.1) is 6.54 Å². The molecule has 21 heavy (non-hydrogen) atoms. The van der Waals surface area contributed by atoms with Gasteiger partial charge in [-0.25, -0.2) is 9.67 Å². The van der Waals surface area contributed by atoms with E-state index in [9.17, 15) is 0 Å². The number of nitrogens with zero attached hydrogens (tertiary/aromatic N) is 3. The molecule has 4 nitrogen and oxygen atoms in total. The molecule has 0 bridgehead atoms. The van der Waals surface area contributed by atoms with Crippen molar-refractivity contribution >= 4 is 28.9 Å². The Bertz CT molecular complexity index is 783. The van der Waals surface area contributed by atoms with Gasteiger partial charge in [0.25, 0.3) is 0 Å². The Morgan fingerprint density at radius 1 is 1.10 bits per heavy atom. The summed E-state index contributed by atoms with van der Waals surface area (Å²) in [5.41, 5.74) is 8.23. The Labute approximate surface area is 132 Å². The van der Waals surface area contributed by atoms with Gasteiger partial charge < -0.3 is 5.73 Å². The smallest absolute Gasteiger partial charge is 0.181 e. The molecule has 0 saturated heterocycles. The number of benzene rings is 2. The third kappa shape index (κ3) is 3.17. The van der Waals surface area contributed by atoms with Gasteiger partial charge in [-0.2, -0.15) is 5.10 Å². The minimum absolute atomic E-state index is 0.509. The zero-order valence-electron chi connectivity index (χ0n) is 11.0. The normalized spacial score (nSPS) is 10.8. The van der Waals surface area contributed by atoms with Crippen molar-refractivity contribution in [2.75, 3.05) is 5.73 Å². The lowest BCUT2D eigenvalue weighted by atomic mass is 10.2. The number of anilines is 1. The lowest BCUT2D eigenvalue weighted by Gasteiger charge is -2.04. The van der Waals surface area contributed by atoms with Crippen molar-refractivity contribution in [2.45, 2.75) is 6.54 Å². The topological polar surface area (TPSA) is 56.7 Å². The second-order valence-electron chi connectivity index (χ2n) is 4.63. The second-order valence-corrected chi connectivity index (χ2v) is 5.47. The highest BCUT2D eigenvalue weighted by atomic mass is 35.5. The zero-order valence-corrected chi connectivity index (χ0v) is 12.5. The van der Waals surface area contributed by atoms with E-state index in [1.165, 1.54) is 0 Å². The molecular weight excluding hydrogens is 307 g/mol. The van der Waals surface area contributed by atoms with Gasteiger partial charge in [-0.1, -0.05) is 35.3 Å². The standard InChI is InChI=1S/C15H12Cl2N4/c16-12-4-5-14(17)11(6-12)8-21-9-19-15(20-21)10-2-1-3-13(18)7-10/h1-7,9H,8,18H2. The van der Waals surface area contributed by atoms with E-state index in [-0.39, 0.29) is 0 Å². The first-order chi connectivity index (χ1) is 10.1. The van der Waals surface area contributed by atoms with E-state index in [0.717, 1.165) is 11.1 Å². The van der Waals surface area contributed by atoms with Gasteiger partial charge in [-0.3, -0.25) is 0 Å². The molecule has 2 N–H and O–H groups in total. The van der Waals surface area contributed by atoms with Gasteiger partial charge in [0.15, 0.2) is 5.82 Å². The van der Waals surface area contributed by atoms with Crippen LogP contribution in [-0.2, 0) is 6.54 Å². The number of hydrogen-bond acceptors (Lipinski definition) is 3. The summed E-state index contributed by atoms with van der Waals surface area (Å²) in [5, 5.41) is 5.73. The van der Waals surface area contributed by atoms with Crippen LogP contribution in [0.2, 0.25) is 10.0 Å². The van der Waals surface area contributed by atoms with Crippen LogP contribution in [0, 0.1) is 0 Å². The van der Waals surface area contributed by atoms with Crippen LogP contribution in [0.3, 0.4) is 0 Å². The Kier molecular flexibility index (Phi) is 3.82. The number of halogens is 2. The molecule has 2 aromatic carbocycles. The monoisotopic (exact) mass is 318 g/mol. The molecular formula is C15H12Cl2N4. The maximum absolute atomic E-state index is 6.15. The number of nitrogens with two attached hydrogens (primary N) is 1. The van der Waals surface area contributed by atoms with Crippen molar-refractivity contribution in [2.24, 2.45) is 0 Å². The molecule has 106 valence electrons. The molecule has 6 heteroatoms. The van der Waals surface area contributed by atoms with E-state index >= 15 is 0 Å². The van der Waals surface area contributed by atoms with Gasteiger partial charge in [0.1, 0.15) is 6.33 Å². The molecule has 0 aliphatic heterocycles. The fraction of sp³-hybridized carbons (Fsp3) is 0.0667. The third-order valence-corrected chi connectivity index (χ3v) is 3.63. The predicted molar refractivity (Wildman–Crippen MR) is 85.4 cm³/mol. The van der Waals surface area contributed by atoms with Crippen LogP contribution in [0.15, 0.2) is 48.8 Å². The molecule has 0 aliphatic carbocycles. The van der Waals surface area contributed by atoms with Crippen molar-refractivity contribution in [3.63, 3.8) is 0 Å². The van der Waals surface area contributed by atoms with Gasteiger partial charge >= 0.3 is 0 Å². The quantitative estimate of drug-likeness (QED) is 0.745. The molecule has 0 radical (unpaired) electrons. The van der Waals surface area contributed by atoms with Crippen LogP contribution >= 0.6 is 23.2 Å². The Hall–Kier alpha value is -2.04. The van der Waals surface area contributed by atoms with E-state index < -0.39 is 0 Å². The van der Waals surface area contributed by atoms with E-state index in [2.05, 4.69) is 10.1 Å². The maximum Gasteiger partial charge on any atom is 0.181 e. The summed E-state index contributed by atoms with van der Waals surface area (Å²) in [6.07, 6.45) is 1.66. The Morgan fingerprint density at radius 2 is 1.95 bits per heavy atom. The van der Waals surface area contributed by atoms with Crippen LogP contribution in [0.5, 0.6) is 0 Å². The molecule has 1 aromatic heterocycles. The van der Waals surface area contributed by atoms with Crippen molar-refractivity contribution in [3.8, 4) is 11.4 Å². The number of rotatable bonds is 3. The minimum atomic E-state index is 0.509. The number of nitrogen functional groups attached to an aromatic ring is 1. The molecule has 0 aliphatic rings. The molecule has 0 saturated carbocycles. The molecule has 0 spiro atoms. The summed E-state index contributed by atoms with van der Waals surface area (Å²) >= 11 is 12.1. The third-order valence-electron chi connectivity index (χ3n) is 3.02. The van der Waals surface area contributed by atoms with Crippen LogP contribution in [0.25, 0.3) is 11.4 Å². The average molecular weight is 319 g/mol. The summed E-state index contributed by atoms with van der Waals surface area (Å²) in [7, 11) is 0. The Morgan fingerprint density at radius 3 is 2.76 bits per heavy atom. The molecule has 0 atom stereocenters. The first kappa shape index (κ1) is 13.9. The van der Waals surface area contributed by atoms with Gasteiger partial charge in [0.2, 0.25) is 0 Å². The molecule has 1 heterocycles. The molecule has 0 unspecified atom stereocenters. The summed E-state index contributed by atoms with van der Waals surface area (Å²) in [6.45, 7) is 0.509. The lowest BCUT2D eigenvalue weighted by molar-refractivity contribution is 0.687. The largest absolute Gasteiger partial charge is 0.399 e. The van der Waals surface area contributed by atoms with E-state index in [1.54, 1.807) is 23.1 Å². The van der Waals surface area contributed by atoms with Gasteiger partial charge in [-0.05, 0) is 35.9 Å². The van der Waals surface area contributed by atoms with E-state index in [1.807, 2.05) is 30.3 Å². The van der Waals surface area contributed by atoms with Gasteiger partial charge in [-0.15, -0.1) is 0 Å². The van der Waals surface area contributed by atoms with Crippen LogP contribution in [0.1, 0.15) is 5.56 Å². The zero-order chi connectivity index (χ0) is 14.8. The van der Waals surface area contributed by atoms with E-state index in [4.69, 9.17) is 28.9 Å². The molecule has 3 aromatic rings. The highest BCUT2D eigenvalue weighted by Crippen LogP contribution is 2.22. The second kappa shape index (κ2) is 5.76. The first-order valence-corrected chi connectivity index (χ1v) is 7.07. The average Bonchev–Trinajstić information content (AvgIpc) is 2.91. The van der Waals surface area contributed by atoms with Crippen LogP contribution < -0.4 is 5.73 Å². The molecule has 3 rings (SSSR count). The van der Waals surface area contributed by atoms with Crippen molar-refractivity contribution in [1.29, 1.82) is 0 Å². The molecule has 0 amide bonds. The molecule has 0 fully saturated rings. The van der Waals surface area contributed by atoms with Crippen LogP contribution in [-0.4, -0.2) is 14.8 Å². The van der Waals surface area contributed by atoms with Crippen molar-refractivity contribution in [3.05, 3.63) is 64.4 Å². The lowest BCUT2D eigenvalue weighted by Crippen LogP contribution is -2.01. The summed E-state index contributed by atoms with van der Waals surface area (Å²) < 4.78 is 1.72. The highest BCUT2D eigenvalue weighted by Gasteiger charge is 2.07. The summed E-state index contributed by atoms with van der Waals surface area (Å²) in [5.74, 6) is 0.625. The summed E-state index contributed by atoms with van der Waals surface area (Å²) in [6, 6.07) is 12.8. The van der Waals surface area contributed by atoms with E-state index in [0.29, 0.717) is 28.1 Å². The minimum Gasteiger partial charge on any atom is -0.399 e. The van der Waals surface area contributed by atoms with Crippen molar-refractivity contribution in [1.82, 2.24) is 14.8 Å².